The normalized spacial score (nSPS) is 17.3. The van der Waals surface area contributed by atoms with Crippen LogP contribution in [-0.4, -0.2) is 28.4 Å². The third-order valence-corrected chi connectivity index (χ3v) is 4.10. The second-order valence-electron chi connectivity index (χ2n) is 5.22. The third kappa shape index (κ3) is 3.69. The van der Waals surface area contributed by atoms with E-state index in [0.717, 1.165) is 13.1 Å². The van der Waals surface area contributed by atoms with Crippen molar-refractivity contribution in [3.8, 4) is 0 Å². The fourth-order valence-electron chi connectivity index (χ4n) is 2.82. The van der Waals surface area contributed by atoms with E-state index >= 15 is 0 Å². The van der Waals surface area contributed by atoms with Crippen LogP contribution in [0.5, 0.6) is 0 Å². The predicted octanol–water partition coefficient (Wildman–Crippen LogP) is 3.76. The minimum Gasteiger partial charge on any atom is -0.293 e. The highest BCUT2D eigenvalue weighted by atomic mass is 35.5. The van der Waals surface area contributed by atoms with Gasteiger partial charge in [-0.3, -0.25) is 9.88 Å². The Kier molecular flexibility index (Phi) is 5.45. The number of aromatic nitrogens is 1. The highest BCUT2D eigenvalue weighted by Gasteiger charge is 2.21. The van der Waals surface area contributed by atoms with Gasteiger partial charge in [-0.2, -0.15) is 0 Å². The lowest BCUT2D eigenvalue weighted by molar-refractivity contribution is 0.155. The minimum absolute atomic E-state index is 0.707. The summed E-state index contributed by atoms with van der Waals surface area (Å²) in [7, 11) is 0. The maximum absolute atomic E-state index is 5.96. The molecule has 1 fully saturated rings. The molecule has 0 saturated heterocycles. The van der Waals surface area contributed by atoms with E-state index in [1.807, 2.05) is 12.3 Å². The summed E-state index contributed by atoms with van der Waals surface area (Å²) in [6.07, 6.45) is 8.66. The number of halogens is 1. The molecule has 0 atom stereocenters. The lowest BCUT2D eigenvalue weighted by Gasteiger charge is -2.34. The summed E-state index contributed by atoms with van der Waals surface area (Å²) >= 11 is 5.96. The summed E-state index contributed by atoms with van der Waals surface area (Å²) in [6, 6.07) is 4.85. The number of alkyl halides is 1. The highest BCUT2D eigenvalue weighted by molar-refractivity contribution is 6.18. The molecule has 2 rings (SSSR count). The van der Waals surface area contributed by atoms with Gasteiger partial charge < -0.3 is 0 Å². The topological polar surface area (TPSA) is 16.1 Å². The van der Waals surface area contributed by atoms with Crippen molar-refractivity contribution in [3.05, 3.63) is 29.6 Å². The Balaban J connectivity index is 2.03. The monoisotopic (exact) mass is 266 g/mol. The average molecular weight is 267 g/mol. The zero-order chi connectivity index (χ0) is 12.8. The maximum atomic E-state index is 5.96. The van der Waals surface area contributed by atoms with Crippen molar-refractivity contribution in [2.75, 3.05) is 12.4 Å². The molecule has 18 heavy (non-hydrogen) atoms. The molecule has 0 amide bonds. The van der Waals surface area contributed by atoms with Crippen LogP contribution in [0, 0.1) is 6.92 Å². The van der Waals surface area contributed by atoms with Gasteiger partial charge in [-0.05, 0) is 31.4 Å². The fourth-order valence-corrected chi connectivity index (χ4v) is 3.04. The fraction of sp³-hybridized carbons (Fsp3) is 0.667. The average Bonchev–Trinajstić information content (AvgIpc) is 2.42. The number of nitrogens with zero attached hydrogens (tertiary/aromatic N) is 2. The minimum atomic E-state index is 0.707. The van der Waals surface area contributed by atoms with Crippen LogP contribution in [0.2, 0.25) is 0 Å². The van der Waals surface area contributed by atoms with Crippen molar-refractivity contribution < 1.29 is 0 Å². The van der Waals surface area contributed by atoms with Crippen molar-refractivity contribution in [1.82, 2.24) is 9.88 Å². The Labute approximate surface area is 115 Å². The van der Waals surface area contributed by atoms with E-state index in [9.17, 15) is 0 Å². The van der Waals surface area contributed by atoms with Crippen LogP contribution in [0.15, 0.2) is 18.3 Å². The van der Waals surface area contributed by atoms with Gasteiger partial charge in [0.1, 0.15) is 0 Å². The Bertz CT molecular complexity index is 361. The summed E-state index contributed by atoms with van der Waals surface area (Å²) in [5.74, 6) is 0.711. The van der Waals surface area contributed by atoms with E-state index in [4.69, 9.17) is 11.6 Å². The van der Waals surface area contributed by atoms with E-state index in [0.29, 0.717) is 11.9 Å². The van der Waals surface area contributed by atoms with Gasteiger partial charge in [0.05, 0.1) is 5.69 Å². The summed E-state index contributed by atoms with van der Waals surface area (Å²) < 4.78 is 0. The molecule has 0 bridgehead atoms. The molecule has 100 valence electrons. The Morgan fingerprint density at radius 1 is 1.33 bits per heavy atom. The van der Waals surface area contributed by atoms with E-state index in [1.165, 1.54) is 43.4 Å². The van der Waals surface area contributed by atoms with Gasteiger partial charge in [-0.15, -0.1) is 11.6 Å². The molecular weight excluding hydrogens is 244 g/mol. The SMILES string of the molecule is Cc1cccnc1CN(CCCl)C1CCCCC1. The van der Waals surface area contributed by atoms with Crippen molar-refractivity contribution in [1.29, 1.82) is 0 Å². The third-order valence-electron chi connectivity index (χ3n) is 3.93. The molecule has 3 heteroatoms. The second-order valence-corrected chi connectivity index (χ2v) is 5.60. The number of pyridine rings is 1. The number of aryl methyl sites for hydroxylation is 1. The lowest BCUT2D eigenvalue weighted by atomic mass is 9.94. The summed E-state index contributed by atoms with van der Waals surface area (Å²) in [6.45, 7) is 4.06. The Morgan fingerprint density at radius 2 is 2.11 bits per heavy atom. The predicted molar refractivity (Wildman–Crippen MR) is 77.0 cm³/mol. The van der Waals surface area contributed by atoms with Gasteiger partial charge in [0, 0.05) is 31.2 Å². The second kappa shape index (κ2) is 7.10. The number of hydrogen-bond donors (Lipinski definition) is 0. The van der Waals surface area contributed by atoms with Gasteiger partial charge in [0.15, 0.2) is 0 Å². The summed E-state index contributed by atoms with van der Waals surface area (Å²) in [5, 5.41) is 0. The molecule has 1 heterocycles. The molecule has 1 saturated carbocycles. The molecule has 2 nitrogen and oxygen atoms in total. The van der Waals surface area contributed by atoms with E-state index in [1.54, 1.807) is 0 Å². The van der Waals surface area contributed by atoms with Gasteiger partial charge >= 0.3 is 0 Å². The zero-order valence-electron chi connectivity index (χ0n) is 11.2. The van der Waals surface area contributed by atoms with E-state index in [2.05, 4.69) is 22.9 Å². The number of hydrogen-bond acceptors (Lipinski definition) is 2. The molecule has 1 aliphatic rings. The first-order valence-electron chi connectivity index (χ1n) is 7.02. The molecule has 1 aromatic rings. The maximum Gasteiger partial charge on any atom is 0.0573 e. The molecule has 0 spiro atoms. The molecule has 0 aliphatic heterocycles. The largest absolute Gasteiger partial charge is 0.293 e. The first kappa shape index (κ1) is 13.8. The highest BCUT2D eigenvalue weighted by Crippen LogP contribution is 2.24. The zero-order valence-corrected chi connectivity index (χ0v) is 12.0. The quantitative estimate of drug-likeness (QED) is 0.755. The van der Waals surface area contributed by atoms with Crippen LogP contribution in [0.3, 0.4) is 0 Å². The van der Waals surface area contributed by atoms with Crippen LogP contribution in [-0.2, 0) is 6.54 Å². The van der Waals surface area contributed by atoms with Gasteiger partial charge in [0.2, 0.25) is 0 Å². The molecule has 1 aromatic heterocycles. The van der Waals surface area contributed by atoms with Crippen LogP contribution in [0.25, 0.3) is 0 Å². The molecule has 0 unspecified atom stereocenters. The van der Waals surface area contributed by atoms with Crippen molar-refractivity contribution in [3.63, 3.8) is 0 Å². The van der Waals surface area contributed by atoms with Crippen LogP contribution >= 0.6 is 11.6 Å². The van der Waals surface area contributed by atoms with Crippen LogP contribution in [0.4, 0.5) is 0 Å². The van der Waals surface area contributed by atoms with Gasteiger partial charge in [-0.1, -0.05) is 25.3 Å². The van der Waals surface area contributed by atoms with E-state index in [-0.39, 0.29) is 0 Å². The summed E-state index contributed by atoms with van der Waals surface area (Å²) in [5.41, 5.74) is 2.49. The Hall–Kier alpha value is -0.600. The van der Waals surface area contributed by atoms with Crippen molar-refractivity contribution >= 4 is 11.6 Å². The van der Waals surface area contributed by atoms with Gasteiger partial charge in [-0.25, -0.2) is 0 Å². The van der Waals surface area contributed by atoms with Crippen molar-refractivity contribution in [2.45, 2.75) is 51.6 Å². The molecule has 0 N–H and O–H groups in total. The van der Waals surface area contributed by atoms with E-state index < -0.39 is 0 Å². The number of rotatable bonds is 5. The molecule has 0 aromatic carbocycles. The molecular formula is C15H23ClN2. The smallest absolute Gasteiger partial charge is 0.0573 e. The molecule has 0 radical (unpaired) electrons. The van der Waals surface area contributed by atoms with Crippen LogP contribution in [0.1, 0.15) is 43.4 Å². The molecule has 1 aliphatic carbocycles. The van der Waals surface area contributed by atoms with Crippen molar-refractivity contribution in [2.24, 2.45) is 0 Å². The van der Waals surface area contributed by atoms with Crippen LogP contribution < -0.4 is 0 Å². The lowest BCUT2D eigenvalue weighted by Crippen LogP contribution is -2.38. The first-order chi connectivity index (χ1) is 8.81. The first-order valence-corrected chi connectivity index (χ1v) is 7.55. The standard InChI is InChI=1S/C15H23ClN2/c1-13-6-5-10-17-15(13)12-18(11-9-16)14-7-3-2-4-8-14/h5-6,10,14H,2-4,7-9,11-12H2,1H3. The van der Waals surface area contributed by atoms with Gasteiger partial charge in [0.25, 0.3) is 0 Å². The summed E-state index contributed by atoms with van der Waals surface area (Å²) in [4.78, 5) is 7.04. The Morgan fingerprint density at radius 3 is 2.78 bits per heavy atom.